The first-order valence-corrected chi connectivity index (χ1v) is 8.12. The highest BCUT2D eigenvalue weighted by Crippen LogP contribution is 2.28. The fourth-order valence-corrected chi connectivity index (χ4v) is 3.00. The summed E-state index contributed by atoms with van der Waals surface area (Å²) in [7, 11) is 1.75. The van der Waals surface area contributed by atoms with Crippen LogP contribution in [0.4, 0.5) is 0 Å². The SMILES string of the molecule is CCC(CC)N(CCOC)C(CC(N)=S)c1ccccc1. The molecule has 0 saturated carbocycles. The molecule has 0 heterocycles. The summed E-state index contributed by atoms with van der Waals surface area (Å²) in [6.45, 7) is 6.08. The molecule has 0 aliphatic rings. The normalized spacial score (nSPS) is 12.8. The Bertz CT molecular complexity index is 407. The van der Waals surface area contributed by atoms with Crippen molar-refractivity contribution in [3.05, 3.63) is 35.9 Å². The van der Waals surface area contributed by atoms with Crippen LogP contribution in [0.15, 0.2) is 30.3 Å². The lowest BCUT2D eigenvalue weighted by Crippen LogP contribution is -2.41. The van der Waals surface area contributed by atoms with Crippen molar-refractivity contribution in [2.24, 2.45) is 5.73 Å². The number of nitrogens with zero attached hydrogens (tertiary/aromatic N) is 1. The van der Waals surface area contributed by atoms with Crippen LogP contribution in [0.25, 0.3) is 0 Å². The molecule has 21 heavy (non-hydrogen) atoms. The van der Waals surface area contributed by atoms with E-state index in [1.54, 1.807) is 7.11 Å². The second-order valence-corrected chi connectivity index (χ2v) is 5.82. The molecule has 118 valence electrons. The van der Waals surface area contributed by atoms with Gasteiger partial charge in [-0.15, -0.1) is 0 Å². The minimum atomic E-state index is 0.226. The van der Waals surface area contributed by atoms with Crippen molar-refractivity contribution in [1.29, 1.82) is 0 Å². The molecule has 2 N–H and O–H groups in total. The molecule has 0 aromatic heterocycles. The van der Waals surface area contributed by atoms with Gasteiger partial charge >= 0.3 is 0 Å². The monoisotopic (exact) mass is 308 g/mol. The summed E-state index contributed by atoms with van der Waals surface area (Å²) in [5.74, 6) is 0. The quantitative estimate of drug-likeness (QED) is 0.671. The summed E-state index contributed by atoms with van der Waals surface area (Å²) in [4.78, 5) is 3.06. The van der Waals surface area contributed by atoms with E-state index >= 15 is 0 Å². The van der Waals surface area contributed by atoms with Crippen LogP contribution < -0.4 is 5.73 Å². The van der Waals surface area contributed by atoms with Crippen LogP contribution in [0.3, 0.4) is 0 Å². The van der Waals surface area contributed by atoms with Crippen LogP contribution in [-0.4, -0.2) is 36.2 Å². The lowest BCUT2D eigenvalue weighted by molar-refractivity contribution is 0.0813. The highest BCUT2D eigenvalue weighted by atomic mass is 32.1. The van der Waals surface area contributed by atoms with Gasteiger partial charge in [-0.3, -0.25) is 4.90 Å². The molecule has 0 aliphatic carbocycles. The molecular weight excluding hydrogens is 280 g/mol. The number of nitrogens with two attached hydrogens (primary N) is 1. The number of ether oxygens (including phenoxy) is 1. The van der Waals surface area contributed by atoms with Gasteiger partial charge in [-0.1, -0.05) is 56.4 Å². The van der Waals surface area contributed by atoms with Gasteiger partial charge < -0.3 is 10.5 Å². The van der Waals surface area contributed by atoms with E-state index in [0.29, 0.717) is 17.5 Å². The Morgan fingerprint density at radius 2 is 1.86 bits per heavy atom. The molecule has 4 heteroatoms. The molecule has 0 saturated heterocycles. The van der Waals surface area contributed by atoms with Gasteiger partial charge in [0.1, 0.15) is 0 Å². The molecule has 0 amide bonds. The molecular formula is C17H28N2OS. The van der Waals surface area contributed by atoms with Crippen molar-refractivity contribution in [1.82, 2.24) is 4.90 Å². The van der Waals surface area contributed by atoms with Gasteiger partial charge in [-0.05, 0) is 18.4 Å². The van der Waals surface area contributed by atoms with Crippen LogP contribution in [0.5, 0.6) is 0 Å². The summed E-state index contributed by atoms with van der Waals surface area (Å²) in [6, 6.07) is 11.2. The highest BCUT2D eigenvalue weighted by molar-refractivity contribution is 7.80. The lowest BCUT2D eigenvalue weighted by Gasteiger charge is -2.37. The Labute approximate surface area is 134 Å². The molecule has 0 aliphatic heterocycles. The maximum atomic E-state index is 5.85. The Morgan fingerprint density at radius 3 is 2.33 bits per heavy atom. The van der Waals surface area contributed by atoms with E-state index in [-0.39, 0.29) is 6.04 Å². The first-order valence-electron chi connectivity index (χ1n) is 7.71. The standard InChI is InChI=1S/C17H28N2OS/c1-4-15(5-2)19(11-12-20-3)16(13-17(18)21)14-9-7-6-8-10-14/h6-10,15-16H,4-5,11-13H2,1-3H3,(H2,18,21). The van der Waals surface area contributed by atoms with Gasteiger partial charge in [0.25, 0.3) is 0 Å². The molecule has 1 unspecified atom stereocenters. The maximum absolute atomic E-state index is 5.85. The van der Waals surface area contributed by atoms with Crippen LogP contribution in [0, 0.1) is 0 Å². The van der Waals surface area contributed by atoms with Gasteiger partial charge in [0, 0.05) is 32.2 Å². The van der Waals surface area contributed by atoms with E-state index in [4.69, 9.17) is 22.7 Å². The number of hydrogen-bond acceptors (Lipinski definition) is 3. The van der Waals surface area contributed by atoms with Crippen molar-refractivity contribution in [3.63, 3.8) is 0 Å². The number of rotatable bonds is 10. The fraction of sp³-hybridized carbons (Fsp3) is 0.588. The van der Waals surface area contributed by atoms with Crippen molar-refractivity contribution in [3.8, 4) is 0 Å². The number of benzene rings is 1. The lowest BCUT2D eigenvalue weighted by atomic mass is 9.98. The predicted octanol–water partition coefficient (Wildman–Crippen LogP) is 3.54. The molecule has 0 bridgehead atoms. The zero-order valence-electron chi connectivity index (χ0n) is 13.4. The summed E-state index contributed by atoms with van der Waals surface area (Å²) in [5, 5.41) is 0. The third-order valence-electron chi connectivity index (χ3n) is 3.94. The van der Waals surface area contributed by atoms with Gasteiger partial charge in [0.15, 0.2) is 0 Å². The van der Waals surface area contributed by atoms with Crippen molar-refractivity contribution in [2.75, 3.05) is 20.3 Å². The summed E-state index contributed by atoms with van der Waals surface area (Å²) in [6.07, 6.45) is 2.93. The maximum Gasteiger partial charge on any atom is 0.0746 e. The molecule has 1 aromatic carbocycles. The molecule has 0 spiro atoms. The smallest absolute Gasteiger partial charge is 0.0746 e. The average Bonchev–Trinajstić information content (AvgIpc) is 2.50. The second-order valence-electron chi connectivity index (χ2n) is 5.30. The van der Waals surface area contributed by atoms with E-state index in [2.05, 4.69) is 43.0 Å². The minimum Gasteiger partial charge on any atom is -0.393 e. The Balaban J connectivity index is 3.06. The molecule has 1 aromatic rings. The Kier molecular flexibility index (Phi) is 8.50. The van der Waals surface area contributed by atoms with Gasteiger partial charge in [0.05, 0.1) is 11.6 Å². The zero-order valence-corrected chi connectivity index (χ0v) is 14.2. The third kappa shape index (κ3) is 5.73. The van der Waals surface area contributed by atoms with Crippen LogP contribution >= 0.6 is 12.2 Å². The van der Waals surface area contributed by atoms with Crippen molar-refractivity contribution < 1.29 is 4.74 Å². The van der Waals surface area contributed by atoms with Crippen LogP contribution in [0.1, 0.15) is 44.7 Å². The van der Waals surface area contributed by atoms with Gasteiger partial charge in [0.2, 0.25) is 0 Å². The van der Waals surface area contributed by atoms with Crippen LogP contribution in [-0.2, 0) is 4.74 Å². The molecule has 1 rings (SSSR count). The molecule has 3 nitrogen and oxygen atoms in total. The van der Waals surface area contributed by atoms with E-state index in [9.17, 15) is 0 Å². The van der Waals surface area contributed by atoms with Crippen molar-refractivity contribution in [2.45, 2.75) is 45.2 Å². The van der Waals surface area contributed by atoms with E-state index in [0.717, 1.165) is 26.0 Å². The summed E-state index contributed by atoms with van der Waals surface area (Å²) in [5.41, 5.74) is 7.13. The number of thiocarbonyl (C=S) groups is 1. The predicted molar refractivity (Wildman–Crippen MR) is 93.5 cm³/mol. The molecule has 0 radical (unpaired) electrons. The number of hydrogen-bond donors (Lipinski definition) is 1. The number of methoxy groups -OCH3 is 1. The molecule has 1 atom stereocenters. The fourth-order valence-electron chi connectivity index (χ4n) is 2.84. The van der Waals surface area contributed by atoms with Crippen LogP contribution in [0.2, 0.25) is 0 Å². The summed E-state index contributed by atoms with van der Waals surface area (Å²) >= 11 is 5.18. The minimum absolute atomic E-state index is 0.226. The highest BCUT2D eigenvalue weighted by Gasteiger charge is 2.26. The van der Waals surface area contributed by atoms with Gasteiger partial charge in [-0.25, -0.2) is 0 Å². The van der Waals surface area contributed by atoms with Crippen molar-refractivity contribution >= 4 is 17.2 Å². The van der Waals surface area contributed by atoms with E-state index in [1.165, 1.54) is 5.56 Å². The van der Waals surface area contributed by atoms with E-state index in [1.807, 2.05) is 6.07 Å². The third-order valence-corrected chi connectivity index (χ3v) is 4.11. The zero-order chi connectivity index (χ0) is 15.7. The largest absolute Gasteiger partial charge is 0.393 e. The second kappa shape index (κ2) is 9.87. The van der Waals surface area contributed by atoms with E-state index < -0.39 is 0 Å². The molecule has 0 fully saturated rings. The average molecular weight is 308 g/mol. The van der Waals surface area contributed by atoms with Gasteiger partial charge in [-0.2, -0.15) is 0 Å². The first-order chi connectivity index (χ1) is 10.1. The topological polar surface area (TPSA) is 38.5 Å². The summed E-state index contributed by atoms with van der Waals surface area (Å²) < 4.78 is 5.30. The Hall–Kier alpha value is -0.970. The Morgan fingerprint density at radius 1 is 1.24 bits per heavy atom. The first kappa shape index (κ1) is 18.1.